The van der Waals surface area contributed by atoms with E-state index in [9.17, 15) is 9.00 Å². The minimum Gasteiger partial charge on any atom is -0.494 e. The Morgan fingerprint density at radius 3 is 2.69 bits per heavy atom. The highest BCUT2D eigenvalue weighted by Gasteiger charge is 2.09. The van der Waals surface area contributed by atoms with E-state index in [1.54, 1.807) is 6.07 Å². The highest BCUT2D eigenvalue weighted by molar-refractivity contribution is 9.11. The van der Waals surface area contributed by atoms with Gasteiger partial charge in [-0.15, -0.1) is 0 Å². The molecule has 0 aliphatic carbocycles. The molecule has 0 bridgehead atoms. The normalized spacial score (nSPS) is 12.2. The second kappa shape index (κ2) is 8.97. The number of aromatic nitrogens is 1. The number of halogens is 2. The van der Waals surface area contributed by atoms with E-state index in [-0.39, 0.29) is 5.56 Å². The molecule has 1 heterocycles. The van der Waals surface area contributed by atoms with Gasteiger partial charge in [-0.3, -0.25) is 9.00 Å². The molecule has 136 valence electrons. The molecule has 0 aliphatic heterocycles. The van der Waals surface area contributed by atoms with Gasteiger partial charge in [-0.25, -0.2) is 0 Å². The topological polar surface area (TPSA) is 59.2 Å². The number of rotatable bonds is 7. The van der Waals surface area contributed by atoms with Gasteiger partial charge in [0.05, 0.1) is 22.3 Å². The van der Waals surface area contributed by atoms with Crippen LogP contribution in [0.25, 0.3) is 10.9 Å². The van der Waals surface area contributed by atoms with Gasteiger partial charge in [0.15, 0.2) is 0 Å². The Morgan fingerprint density at radius 2 is 1.85 bits per heavy atom. The van der Waals surface area contributed by atoms with Crippen molar-refractivity contribution in [1.29, 1.82) is 0 Å². The Hall–Kier alpha value is -1.44. The third-order valence-corrected chi connectivity index (χ3v) is 6.76. The molecule has 4 nitrogen and oxygen atoms in total. The number of hydrogen-bond donors (Lipinski definition) is 1. The Balaban J connectivity index is 1.48. The lowest BCUT2D eigenvalue weighted by Crippen LogP contribution is -2.04. The molecular formula is C19H17Br2NO3S. The third kappa shape index (κ3) is 5.05. The number of H-pyrrole nitrogens is 1. The quantitative estimate of drug-likeness (QED) is 0.465. The van der Waals surface area contributed by atoms with E-state index in [4.69, 9.17) is 4.74 Å². The van der Waals surface area contributed by atoms with Gasteiger partial charge < -0.3 is 9.72 Å². The maximum atomic E-state index is 12.4. The molecule has 0 saturated carbocycles. The van der Waals surface area contributed by atoms with E-state index in [1.807, 2.05) is 36.4 Å². The monoisotopic (exact) mass is 497 g/mol. The van der Waals surface area contributed by atoms with E-state index in [2.05, 4.69) is 36.8 Å². The maximum absolute atomic E-state index is 12.4. The van der Waals surface area contributed by atoms with Crippen molar-refractivity contribution in [3.05, 3.63) is 67.8 Å². The van der Waals surface area contributed by atoms with Crippen molar-refractivity contribution in [1.82, 2.24) is 4.98 Å². The lowest BCUT2D eigenvalue weighted by atomic mass is 10.2. The Bertz CT molecular complexity index is 1000. The van der Waals surface area contributed by atoms with Crippen molar-refractivity contribution >= 4 is 53.6 Å². The van der Waals surface area contributed by atoms with Crippen LogP contribution in [0.3, 0.4) is 0 Å². The van der Waals surface area contributed by atoms with Crippen LogP contribution in [0.15, 0.2) is 67.2 Å². The van der Waals surface area contributed by atoms with Gasteiger partial charge >= 0.3 is 0 Å². The molecule has 1 N–H and O–H groups in total. The highest BCUT2D eigenvalue weighted by atomic mass is 79.9. The molecule has 0 fully saturated rings. The first-order valence-corrected chi connectivity index (χ1v) is 11.0. The van der Waals surface area contributed by atoms with Gasteiger partial charge in [-0.2, -0.15) is 0 Å². The minimum absolute atomic E-state index is 0.115. The Morgan fingerprint density at radius 1 is 1.00 bits per heavy atom. The van der Waals surface area contributed by atoms with Crippen LogP contribution in [-0.4, -0.2) is 21.6 Å². The number of aromatic amines is 1. The Labute approximate surface area is 170 Å². The van der Waals surface area contributed by atoms with E-state index in [0.717, 1.165) is 43.3 Å². The molecular weight excluding hydrogens is 482 g/mol. The molecule has 0 radical (unpaired) electrons. The van der Waals surface area contributed by atoms with Crippen molar-refractivity contribution in [2.24, 2.45) is 0 Å². The van der Waals surface area contributed by atoms with Crippen molar-refractivity contribution in [3.8, 4) is 5.75 Å². The number of ether oxygens (including phenoxy) is 1. The second-order valence-electron chi connectivity index (χ2n) is 5.75. The lowest BCUT2D eigenvalue weighted by molar-refractivity contribution is 0.310. The molecule has 2 aromatic carbocycles. The fourth-order valence-electron chi connectivity index (χ4n) is 2.51. The zero-order valence-electron chi connectivity index (χ0n) is 13.8. The predicted molar refractivity (Wildman–Crippen MR) is 112 cm³/mol. The number of fused-ring (bicyclic) bond motifs is 1. The Kier molecular flexibility index (Phi) is 6.67. The summed E-state index contributed by atoms with van der Waals surface area (Å²) in [5.74, 6) is 1.36. The fourth-order valence-corrected chi connectivity index (χ4v) is 5.04. The first-order chi connectivity index (χ1) is 12.5. The molecule has 7 heteroatoms. The predicted octanol–water partition coefficient (Wildman–Crippen LogP) is 5.02. The smallest absolute Gasteiger partial charge is 0.248 e. The molecule has 0 saturated heterocycles. The van der Waals surface area contributed by atoms with Gasteiger partial charge in [-0.05, 0) is 71.2 Å². The summed E-state index contributed by atoms with van der Waals surface area (Å²) in [6.45, 7) is 0.561. The molecule has 0 spiro atoms. The zero-order valence-corrected chi connectivity index (χ0v) is 17.8. The number of pyridine rings is 1. The van der Waals surface area contributed by atoms with Gasteiger partial charge in [0, 0.05) is 31.7 Å². The van der Waals surface area contributed by atoms with Crippen molar-refractivity contribution < 1.29 is 8.95 Å². The summed E-state index contributed by atoms with van der Waals surface area (Å²) >= 11 is 6.86. The van der Waals surface area contributed by atoms with Crippen LogP contribution < -0.4 is 10.3 Å². The summed E-state index contributed by atoms with van der Waals surface area (Å²) in [6.07, 6.45) is 1.63. The highest BCUT2D eigenvalue weighted by Crippen LogP contribution is 2.25. The van der Waals surface area contributed by atoms with Gasteiger partial charge in [0.1, 0.15) is 5.75 Å². The number of hydrogen-bond acceptors (Lipinski definition) is 3. The molecule has 3 aromatic rings. The number of unbranched alkanes of at least 4 members (excludes halogenated alkanes) is 1. The molecule has 1 aromatic heterocycles. The lowest BCUT2D eigenvalue weighted by Gasteiger charge is -2.08. The number of benzene rings is 2. The minimum atomic E-state index is -1.04. The standard InChI is InChI=1S/C19H17Br2NO3S/c20-14-4-6-16(21)18(12-14)26(24)10-2-1-9-25-15-5-7-17-13(11-15)3-8-19(23)22-17/h3-8,11-12H,1-2,9-10H2,(H,22,23). The van der Waals surface area contributed by atoms with Crippen LogP contribution in [-0.2, 0) is 10.8 Å². The van der Waals surface area contributed by atoms with Gasteiger partial charge in [-0.1, -0.05) is 15.9 Å². The third-order valence-electron chi connectivity index (χ3n) is 3.83. The van der Waals surface area contributed by atoms with E-state index >= 15 is 0 Å². The summed E-state index contributed by atoms with van der Waals surface area (Å²) in [6, 6.07) is 14.6. The molecule has 3 rings (SSSR count). The summed E-state index contributed by atoms with van der Waals surface area (Å²) in [5, 5.41) is 0.933. The van der Waals surface area contributed by atoms with Crippen LogP contribution in [0.4, 0.5) is 0 Å². The van der Waals surface area contributed by atoms with E-state index < -0.39 is 10.8 Å². The fraction of sp³-hybridized carbons (Fsp3) is 0.211. The molecule has 1 unspecified atom stereocenters. The molecule has 26 heavy (non-hydrogen) atoms. The first kappa shape index (κ1) is 19.3. The SMILES string of the molecule is O=c1ccc2cc(OCCCCS(=O)c3cc(Br)ccc3Br)ccc2[nH]1. The summed E-state index contributed by atoms with van der Waals surface area (Å²) < 4.78 is 20.0. The van der Waals surface area contributed by atoms with E-state index in [0.29, 0.717) is 12.4 Å². The molecule has 0 amide bonds. The molecule has 1 atom stereocenters. The maximum Gasteiger partial charge on any atom is 0.248 e. The largest absolute Gasteiger partial charge is 0.494 e. The van der Waals surface area contributed by atoms with Gasteiger partial charge in [0.25, 0.3) is 0 Å². The summed E-state index contributed by atoms with van der Waals surface area (Å²) in [4.78, 5) is 14.9. The summed E-state index contributed by atoms with van der Waals surface area (Å²) in [5.41, 5.74) is 0.677. The van der Waals surface area contributed by atoms with Crippen LogP contribution in [0, 0.1) is 0 Å². The van der Waals surface area contributed by atoms with Crippen LogP contribution in [0.5, 0.6) is 5.75 Å². The van der Waals surface area contributed by atoms with Crippen LogP contribution in [0.2, 0.25) is 0 Å². The zero-order chi connectivity index (χ0) is 18.5. The first-order valence-electron chi connectivity index (χ1n) is 8.12. The second-order valence-corrected chi connectivity index (χ2v) is 9.06. The van der Waals surface area contributed by atoms with E-state index in [1.165, 1.54) is 6.07 Å². The van der Waals surface area contributed by atoms with Gasteiger partial charge in [0.2, 0.25) is 5.56 Å². The average Bonchev–Trinajstić information content (AvgIpc) is 2.63. The van der Waals surface area contributed by atoms with Crippen molar-refractivity contribution in [2.75, 3.05) is 12.4 Å². The van der Waals surface area contributed by atoms with Crippen molar-refractivity contribution in [2.45, 2.75) is 17.7 Å². The van der Waals surface area contributed by atoms with Crippen LogP contribution >= 0.6 is 31.9 Å². The van der Waals surface area contributed by atoms with Crippen molar-refractivity contribution in [3.63, 3.8) is 0 Å². The molecule has 0 aliphatic rings. The van der Waals surface area contributed by atoms with Crippen LogP contribution in [0.1, 0.15) is 12.8 Å². The summed E-state index contributed by atoms with van der Waals surface area (Å²) in [7, 11) is -1.04. The number of nitrogens with one attached hydrogen (secondary N) is 1. The average molecular weight is 499 g/mol.